The number of carbonyl (C=O) groups excluding carboxylic acids is 1. The summed E-state index contributed by atoms with van der Waals surface area (Å²) in [5.41, 5.74) is 1.52. The van der Waals surface area contributed by atoms with Gasteiger partial charge < -0.3 is 20.2 Å². The second-order valence-electron chi connectivity index (χ2n) is 7.48. The molecule has 1 aliphatic carbocycles. The second kappa shape index (κ2) is 11.2. The Morgan fingerprint density at radius 1 is 1.03 bits per heavy atom. The van der Waals surface area contributed by atoms with Crippen LogP contribution < -0.4 is 10.6 Å². The van der Waals surface area contributed by atoms with Gasteiger partial charge in [0, 0.05) is 5.69 Å². The third-order valence-corrected chi connectivity index (χ3v) is 5.43. The lowest BCUT2D eigenvalue weighted by Gasteiger charge is -2.26. The number of aromatic nitrogens is 2. The molecule has 0 aliphatic heterocycles. The predicted octanol–water partition coefficient (Wildman–Crippen LogP) is 5.59. The standard InChI is InChI=1S/C22H21FN4O4.C2H6/c23-17-12-15(13-6-8-14(9-7-13)21(29)30)10-11-18(17)25-19(28)20-26-27-22(31-20)24-16-4-2-1-3-5-16;1-2/h1-5,10-14H,6-9H2,(H,24,27)(H,25,28)(H,29,30);1-2H3. The first kappa shape index (κ1) is 23.9. The molecule has 2 aromatic carbocycles. The maximum atomic E-state index is 14.6. The van der Waals surface area contributed by atoms with Crippen molar-refractivity contribution in [3.8, 4) is 0 Å². The highest BCUT2D eigenvalue weighted by molar-refractivity contribution is 6.01. The van der Waals surface area contributed by atoms with Gasteiger partial charge in [0.15, 0.2) is 0 Å². The summed E-state index contributed by atoms with van der Waals surface area (Å²) < 4.78 is 19.9. The largest absolute Gasteiger partial charge is 0.481 e. The van der Waals surface area contributed by atoms with Crippen molar-refractivity contribution in [2.45, 2.75) is 45.4 Å². The van der Waals surface area contributed by atoms with E-state index in [4.69, 9.17) is 9.52 Å². The van der Waals surface area contributed by atoms with E-state index in [9.17, 15) is 14.0 Å². The van der Waals surface area contributed by atoms with E-state index < -0.39 is 17.7 Å². The van der Waals surface area contributed by atoms with E-state index in [1.807, 2.05) is 32.0 Å². The van der Waals surface area contributed by atoms with E-state index >= 15 is 0 Å². The molecule has 0 bridgehead atoms. The number of carboxylic acids is 1. The summed E-state index contributed by atoms with van der Waals surface area (Å²) in [6.07, 6.45) is 2.55. The number of para-hydroxylation sites is 1. The van der Waals surface area contributed by atoms with Crippen molar-refractivity contribution in [3.05, 3.63) is 65.8 Å². The molecule has 0 atom stereocenters. The summed E-state index contributed by atoms with van der Waals surface area (Å²) in [5.74, 6) is -2.58. The Hall–Kier alpha value is -3.75. The number of benzene rings is 2. The molecule has 3 aromatic rings. The maximum absolute atomic E-state index is 14.6. The van der Waals surface area contributed by atoms with Gasteiger partial charge in [-0.25, -0.2) is 4.39 Å². The Balaban J connectivity index is 0.00000149. The number of hydrogen-bond donors (Lipinski definition) is 3. The molecule has 4 rings (SSSR count). The van der Waals surface area contributed by atoms with Crippen LogP contribution in [0.15, 0.2) is 52.9 Å². The second-order valence-corrected chi connectivity index (χ2v) is 7.48. The van der Waals surface area contributed by atoms with Gasteiger partial charge in [-0.3, -0.25) is 9.59 Å². The van der Waals surface area contributed by atoms with Gasteiger partial charge in [-0.05, 0) is 61.4 Å². The van der Waals surface area contributed by atoms with Crippen LogP contribution in [-0.2, 0) is 4.79 Å². The SMILES string of the molecule is CC.O=C(Nc1ccc(C2CCC(C(=O)O)CC2)cc1F)c1nnc(Nc2ccccc2)o1. The van der Waals surface area contributed by atoms with Crippen LogP contribution >= 0.6 is 0 Å². The number of nitrogens with one attached hydrogen (secondary N) is 2. The number of anilines is 3. The van der Waals surface area contributed by atoms with Crippen molar-refractivity contribution in [2.75, 3.05) is 10.6 Å². The van der Waals surface area contributed by atoms with Crippen molar-refractivity contribution >= 4 is 29.3 Å². The fourth-order valence-corrected chi connectivity index (χ4v) is 3.75. The highest BCUT2D eigenvalue weighted by atomic mass is 19.1. The average Bonchev–Trinajstić information content (AvgIpc) is 3.31. The third kappa shape index (κ3) is 6.15. The van der Waals surface area contributed by atoms with Crippen LogP contribution in [0, 0.1) is 11.7 Å². The molecule has 1 heterocycles. The Kier molecular flexibility index (Phi) is 8.12. The van der Waals surface area contributed by atoms with Crippen molar-refractivity contribution in [2.24, 2.45) is 5.92 Å². The molecule has 9 heteroatoms. The molecule has 1 fully saturated rings. The van der Waals surface area contributed by atoms with Crippen LogP contribution in [0.2, 0.25) is 0 Å². The molecule has 0 saturated heterocycles. The molecule has 0 unspecified atom stereocenters. The average molecular weight is 455 g/mol. The summed E-state index contributed by atoms with van der Waals surface area (Å²) in [4.78, 5) is 23.4. The van der Waals surface area contributed by atoms with Crippen molar-refractivity contribution in [1.29, 1.82) is 0 Å². The number of aliphatic carboxylic acids is 1. The van der Waals surface area contributed by atoms with Crippen LogP contribution in [0.3, 0.4) is 0 Å². The number of halogens is 1. The Labute approximate surface area is 191 Å². The quantitative estimate of drug-likeness (QED) is 0.444. The molecule has 1 amide bonds. The van der Waals surface area contributed by atoms with Crippen LogP contribution in [0.1, 0.15) is 61.7 Å². The van der Waals surface area contributed by atoms with Crippen molar-refractivity contribution in [3.63, 3.8) is 0 Å². The molecule has 0 radical (unpaired) electrons. The molecular weight excluding hydrogens is 427 g/mol. The zero-order valence-corrected chi connectivity index (χ0v) is 18.5. The number of carbonyl (C=O) groups is 2. The number of amides is 1. The van der Waals surface area contributed by atoms with Crippen molar-refractivity contribution < 1.29 is 23.5 Å². The van der Waals surface area contributed by atoms with Crippen LogP contribution in [0.4, 0.5) is 21.8 Å². The van der Waals surface area contributed by atoms with E-state index in [0.717, 1.165) is 11.3 Å². The zero-order valence-electron chi connectivity index (χ0n) is 18.5. The molecule has 1 aliphatic rings. The minimum atomic E-state index is -0.772. The van der Waals surface area contributed by atoms with Crippen LogP contribution in [0.5, 0.6) is 0 Å². The highest BCUT2D eigenvalue weighted by Crippen LogP contribution is 2.36. The van der Waals surface area contributed by atoms with Crippen molar-refractivity contribution in [1.82, 2.24) is 10.2 Å². The summed E-state index contributed by atoms with van der Waals surface area (Å²) in [5, 5.41) is 21.9. The van der Waals surface area contributed by atoms with E-state index in [2.05, 4.69) is 20.8 Å². The smallest absolute Gasteiger partial charge is 0.320 e. The summed E-state index contributed by atoms with van der Waals surface area (Å²) in [6, 6.07) is 13.8. The van der Waals surface area contributed by atoms with Crippen LogP contribution in [0.25, 0.3) is 0 Å². The number of rotatable bonds is 6. The van der Waals surface area contributed by atoms with Crippen LogP contribution in [-0.4, -0.2) is 27.2 Å². The predicted molar refractivity (Wildman–Crippen MR) is 122 cm³/mol. The first-order valence-electron chi connectivity index (χ1n) is 11.0. The molecule has 3 N–H and O–H groups in total. The highest BCUT2D eigenvalue weighted by Gasteiger charge is 2.27. The number of nitrogens with zero attached hydrogens (tertiary/aromatic N) is 2. The molecule has 0 spiro atoms. The first-order chi connectivity index (χ1) is 16.0. The molecule has 1 aromatic heterocycles. The summed E-state index contributed by atoms with van der Waals surface area (Å²) >= 11 is 0. The van der Waals surface area contributed by atoms with E-state index in [0.29, 0.717) is 25.7 Å². The fraction of sp³-hybridized carbons (Fsp3) is 0.333. The lowest BCUT2D eigenvalue weighted by atomic mass is 9.79. The lowest BCUT2D eigenvalue weighted by Crippen LogP contribution is -2.20. The van der Waals surface area contributed by atoms with Gasteiger partial charge in [0.2, 0.25) is 0 Å². The molecule has 33 heavy (non-hydrogen) atoms. The monoisotopic (exact) mass is 454 g/mol. The van der Waals surface area contributed by atoms with E-state index in [1.54, 1.807) is 18.2 Å². The van der Waals surface area contributed by atoms with Gasteiger partial charge in [-0.2, -0.15) is 0 Å². The zero-order chi connectivity index (χ0) is 23.8. The third-order valence-electron chi connectivity index (χ3n) is 5.43. The molecule has 1 saturated carbocycles. The first-order valence-corrected chi connectivity index (χ1v) is 11.0. The van der Waals surface area contributed by atoms with Gasteiger partial charge in [0.1, 0.15) is 5.82 Å². The Morgan fingerprint density at radius 2 is 1.73 bits per heavy atom. The maximum Gasteiger partial charge on any atom is 0.320 e. The van der Waals surface area contributed by atoms with E-state index in [-0.39, 0.29) is 29.4 Å². The minimum Gasteiger partial charge on any atom is -0.481 e. The van der Waals surface area contributed by atoms with E-state index in [1.165, 1.54) is 12.1 Å². The number of carboxylic acid groups (broad SMARTS) is 1. The molecule has 174 valence electrons. The molecule has 8 nitrogen and oxygen atoms in total. The number of hydrogen-bond acceptors (Lipinski definition) is 6. The van der Waals surface area contributed by atoms with Gasteiger partial charge in [-0.1, -0.05) is 43.2 Å². The lowest BCUT2D eigenvalue weighted by molar-refractivity contribution is -0.142. The Morgan fingerprint density at radius 3 is 2.36 bits per heavy atom. The van der Waals surface area contributed by atoms with Gasteiger partial charge >= 0.3 is 23.8 Å². The topological polar surface area (TPSA) is 117 Å². The fourth-order valence-electron chi connectivity index (χ4n) is 3.75. The Bertz CT molecular complexity index is 1080. The van der Waals surface area contributed by atoms with Gasteiger partial charge in [0.05, 0.1) is 11.6 Å². The summed E-state index contributed by atoms with van der Waals surface area (Å²) in [6.45, 7) is 4.00. The minimum absolute atomic E-state index is 0.00346. The van der Waals surface area contributed by atoms with Gasteiger partial charge in [0.25, 0.3) is 0 Å². The summed E-state index contributed by atoms with van der Waals surface area (Å²) in [7, 11) is 0. The molecular formula is C24H27FN4O4. The van der Waals surface area contributed by atoms with Gasteiger partial charge in [-0.15, -0.1) is 5.10 Å². The normalized spacial score (nSPS) is 17.4.